The van der Waals surface area contributed by atoms with Gasteiger partial charge in [-0.05, 0) is 48.6 Å². The Morgan fingerprint density at radius 2 is 0.864 bits per heavy atom. The molecule has 0 unspecified atom stereocenters. The first kappa shape index (κ1) is 15.3. The van der Waals surface area contributed by atoms with Crippen molar-refractivity contribution in [2.24, 2.45) is 0 Å². The maximum absolute atomic E-state index is 9.08. The van der Waals surface area contributed by atoms with Crippen molar-refractivity contribution in [1.82, 2.24) is 0 Å². The van der Waals surface area contributed by atoms with E-state index >= 15 is 0 Å². The minimum atomic E-state index is -0.0415. The highest BCUT2D eigenvalue weighted by Gasteiger charge is 2.28. The summed E-state index contributed by atoms with van der Waals surface area (Å²) in [6.45, 7) is 0. The molecule has 2 aliphatic rings. The molecule has 0 radical (unpaired) electrons. The van der Waals surface area contributed by atoms with Crippen LogP contribution in [0.1, 0.15) is 48.6 Å². The third-order valence-corrected chi connectivity index (χ3v) is 4.77. The Labute approximate surface area is 132 Å². The van der Waals surface area contributed by atoms with Crippen molar-refractivity contribution in [1.29, 1.82) is 0 Å². The van der Waals surface area contributed by atoms with Gasteiger partial charge in [0.1, 0.15) is 0 Å². The first-order valence-electron chi connectivity index (χ1n) is 8.18. The lowest BCUT2D eigenvalue weighted by molar-refractivity contribution is 0.0743. The second kappa shape index (κ2) is 7.08. The lowest BCUT2D eigenvalue weighted by Crippen LogP contribution is -2.26. The van der Waals surface area contributed by atoms with Gasteiger partial charge in [-0.25, -0.2) is 0 Å². The number of hydrogen-bond acceptors (Lipinski definition) is 2. The molecule has 0 aliphatic heterocycles. The Kier molecular flexibility index (Phi) is 4.91. The first-order valence-corrected chi connectivity index (χ1v) is 8.18. The molecule has 2 aromatic rings. The Morgan fingerprint density at radius 3 is 1.14 bits per heavy atom. The average molecular weight is 296 g/mol. The van der Waals surface area contributed by atoms with Gasteiger partial charge in [-0.2, -0.15) is 0 Å². The van der Waals surface area contributed by atoms with E-state index in [1.165, 1.54) is 11.1 Å². The van der Waals surface area contributed by atoms with Crippen LogP contribution >= 0.6 is 0 Å². The molecule has 2 saturated carbocycles. The molecule has 2 nitrogen and oxygen atoms in total. The highest BCUT2D eigenvalue weighted by molar-refractivity contribution is 5.22. The van der Waals surface area contributed by atoms with Crippen LogP contribution < -0.4 is 0 Å². The topological polar surface area (TPSA) is 40.5 Å². The summed E-state index contributed by atoms with van der Waals surface area (Å²) in [6, 6.07) is 20.8. The van der Waals surface area contributed by atoms with Crippen LogP contribution in [0.3, 0.4) is 0 Å². The summed E-state index contributed by atoms with van der Waals surface area (Å²) in [5, 5.41) is 18.2. The molecule has 0 bridgehead atoms. The summed E-state index contributed by atoms with van der Waals surface area (Å²) in [6.07, 6.45) is 3.71. The predicted molar refractivity (Wildman–Crippen MR) is 88.8 cm³/mol. The van der Waals surface area contributed by atoms with Crippen LogP contribution in [0.4, 0.5) is 0 Å². The lowest BCUT2D eigenvalue weighted by Gasteiger charge is -2.31. The zero-order valence-electron chi connectivity index (χ0n) is 12.8. The van der Waals surface area contributed by atoms with E-state index in [1.54, 1.807) is 0 Å². The highest BCUT2D eigenvalue weighted by atomic mass is 16.3. The van der Waals surface area contributed by atoms with Gasteiger partial charge in [0.25, 0.3) is 0 Å². The Bertz CT molecular complexity index is 501. The van der Waals surface area contributed by atoms with Crippen LogP contribution in [-0.2, 0) is 0 Å². The normalized spacial score (nSPS) is 29.5. The zero-order valence-corrected chi connectivity index (χ0v) is 12.8. The van der Waals surface area contributed by atoms with Gasteiger partial charge < -0.3 is 10.2 Å². The highest BCUT2D eigenvalue weighted by Crippen LogP contribution is 2.36. The van der Waals surface area contributed by atoms with Crippen LogP contribution in [0.15, 0.2) is 60.7 Å². The molecule has 2 N–H and O–H groups in total. The number of hydrogen-bond donors (Lipinski definition) is 2. The van der Waals surface area contributed by atoms with Gasteiger partial charge in [-0.1, -0.05) is 60.7 Å². The third-order valence-electron chi connectivity index (χ3n) is 4.77. The van der Waals surface area contributed by atoms with Crippen LogP contribution in [0.5, 0.6) is 0 Å². The minimum absolute atomic E-state index is 0.0415. The third kappa shape index (κ3) is 3.76. The van der Waals surface area contributed by atoms with E-state index in [-0.39, 0.29) is 12.2 Å². The van der Waals surface area contributed by atoms with Gasteiger partial charge in [0.2, 0.25) is 0 Å². The molecule has 22 heavy (non-hydrogen) atoms. The fourth-order valence-electron chi connectivity index (χ4n) is 3.17. The molecule has 0 spiro atoms. The number of aliphatic hydroxyl groups excluding tert-OH is 2. The minimum Gasteiger partial charge on any atom is -0.393 e. The van der Waals surface area contributed by atoms with Crippen molar-refractivity contribution >= 4 is 0 Å². The van der Waals surface area contributed by atoms with E-state index in [0.29, 0.717) is 11.8 Å². The SMILES string of the molecule is OC1CC(c2ccccc2)C1.OC1CC(c2ccccc2)C1. The predicted octanol–water partition coefficient (Wildman–Crippen LogP) is 3.85. The zero-order chi connectivity index (χ0) is 15.4. The Balaban J connectivity index is 0.000000131. The van der Waals surface area contributed by atoms with Crippen LogP contribution in [0.25, 0.3) is 0 Å². The van der Waals surface area contributed by atoms with E-state index in [2.05, 4.69) is 48.5 Å². The molecule has 2 aromatic carbocycles. The Hall–Kier alpha value is -1.64. The van der Waals surface area contributed by atoms with E-state index in [4.69, 9.17) is 10.2 Å². The van der Waals surface area contributed by atoms with Gasteiger partial charge in [-0.3, -0.25) is 0 Å². The van der Waals surface area contributed by atoms with Gasteiger partial charge in [0.05, 0.1) is 12.2 Å². The van der Waals surface area contributed by atoms with Crippen molar-refractivity contribution in [3.8, 4) is 0 Å². The van der Waals surface area contributed by atoms with Crippen LogP contribution in [-0.4, -0.2) is 22.4 Å². The maximum Gasteiger partial charge on any atom is 0.0552 e. The van der Waals surface area contributed by atoms with Crippen LogP contribution in [0.2, 0.25) is 0 Å². The summed E-state index contributed by atoms with van der Waals surface area (Å²) < 4.78 is 0. The fraction of sp³-hybridized carbons (Fsp3) is 0.400. The van der Waals surface area contributed by atoms with E-state index in [0.717, 1.165) is 25.7 Å². The molecule has 0 amide bonds. The number of benzene rings is 2. The second-order valence-electron chi connectivity index (χ2n) is 6.47. The fourth-order valence-corrected chi connectivity index (χ4v) is 3.17. The van der Waals surface area contributed by atoms with E-state index in [1.807, 2.05) is 12.1 Å². The van der Waals surface area contributed by atoms with Crippen molar-refractivity contribution < 1.29 is 10.2 Å². The van der Waals surface area contributed by atoms with Crippen molar-refractivity contribution in [2.75, 3.05) is 0 Å². The molecule has 0 aromatic heterocycles. The molecule has 2 heteroatoms. The summed E-state index contributed by atoms with van der Waals surface area (Å²) in [7, 11) is 0. The molecule has 4 rings (SSSR count). The summed E-state index contributed by atoms with van der Waals surface area (Å²) in [5.41, 5.74) is 2.75. The monoisotopic (exact) mass is 296 g/mol. The molecule has 2 fully saturated rings. The molecule has 0 heterocycles. The largest absolute Gasteiger partial charge is 0.393 e. The van der Waals surface area contributed by atoms with E-state index < -0.39 is 0 Å². The average Bonchev–Trinajstić information content (AvgIpc) is 2.51. The summed E-state index contributed by atoms with van der Waals surface area (Å²) >= 11 is 0. The quantitative estimate of drug-likeness (QED) is 0.883. The van der Waals surface area contributed by atoms with Gasteiger partial charge in [0.15, 0.2) is 0 Å². The van der Waals surface area contributed by atoms with Gasteiger partial charge in [0, 0.05) is 0 Å². The Morgan fingerprint density at radius 1 is 0.545 bits per heavy atom. The lowest BCUT2D eigenvalue weighted by atomic mass is 9.78. The standard InChI is InChI=1S/2C10H12O/c2*11-10-6-9(7-10)8-4-2-1-3-5-8/h2*1-5,9-11H,6-7H2. The van der Waals surface area contributed by atoms with Crippen LogP contribution in [0, 0.1) is 0 Å². The van der Waals surface area contributed by atoms with Crippen molar-refractivity contribution in [3.05, 3.63) is 71.8 Å². The first-order chi connectivity index (χ1) is 10.7. The number of aliphatic hydroxyl groups is 2. The molecular formula is C20H24O2. The second-order valence-corrected chi connectivity index (χ2v) is 6.47. The maximum atomic E-state index is 9.08. The summed E-state index contributed by atoms with van der Waals surface area (Å²) in [4.78, 5) is 0. The molecule has 0 atom stereocenters. The van der Waals surface area contributed by atoms with Crippen molar-refractivity contribution in [2.45, 2.75) is 49.7 Å². The van der Waals surface area contributed by atoms with Gasteiger partial charge >= 0.3 is 0 Å². The smallest absolute Gasteiger partial charge is 0.0552 e. The number of rotatable bonds is 2. The summed E-state index contributed by atoms with van der Waals surface area (Å²) in [5.74, 6) is 1.23. The van der Waals surface area contributed by atoms with Gasteiger partial charge in [-0.15, -0.1) is 0 Å². The van der Waals surface area contributed by atoms with E-state index in [9.17, 15) is 0 Å². The molecule has 2 aliphatic carbocycles. The molecule has 0 saturated heterocycles. The molecular weight excluding hydrogens is 272 g/mol. The molecule has 116 valence electrons. The van der Waals surface area contributed by atoms with Crippen molar-refractivity contribution in [3.63, 3.8) is 0 Å².